The first-order valence-corrected chi connectivity index (χ1v) is 6.80. The Morgan fingerprint density at radius 1 is 1.06 bits per heavy atom. The second-order valence-corrected chi connectivity index (χ2v) is 5.10. The van der Waals surface area contributed by atoms with Crippen molar-refractivity contribution in [2.45, 2.75) is 39.5 Å². The number of carbonyl (C=O) groups excluding carboxylic acids is 1. The maximum Gasteiger partial charge on any atom is 0.321 e. The molecule has 98 valence electrons. The Bertz CT molecular complexity index is 400. The van der Waals surface area contributed by atoms with Crippen molar-refractivity contribution in [1.82, 2.24) is 4.90 Å². The molecule has 2 rings (SSSR count). The van der Waals surface area contributed by atoms with Crippen LogP contribution in [0.2, 0.25) is 0 Å². The summed E-state index contributed by atoms with van der Waals surface area (Å²) >= 11 is 0. The third-order valence-corrected chi connectivity index (χ3v) is 3.61. The van der Waals surface area contributed by atoms with Crippen LogP contribution in [0, 0.1) is 13.8 Å². The number of aryl methyl sites for hydroxylation is 2. The number of para-hydroxylation sites is 1. The molecule has 0 radical (unpaired) electrons. The Kier molecular flexibility index (Phi) is 4.24. The summed E-state index contributed by atoms with van der Waals surface area (Å²) in [6.07, 6.45) is 4.74. The normalized spacial score (nSPS) is 16.2. The summed E-state index contributed by atoms with van der Waals surface area (Å²) in [5.41, 5.74) is 3.21. The Morgan fingerprint density at radius 3 is 2.17 bits per heavy atom. The fraction of sp³-hybridized carbons (Fsp3) is 0.533. The third kappa shape index (κ3) is 3.03. The fourth-order valence-corrected chi connectivity index (χ4v) is 2.47. The first kappa shape index (κ1) is 12.9. The second kappa shape index (κ2) is 5.89. The molecule has 1 aromatic carbocycles. The van der Waals surface area contributed by atoms with Crippen molar-refractivity contribution in [3.05, 3.63) is 29.3 Å². The lowest BCUT2D eigenvalue weighted by molar-refractivity contribution is 0.213. The van der Waals surface area contributed by atoms with Crippen LogP contribution < -0.4 is 5.32 Å². The maximum atomic E-state index is 12.2. The average molecular weight is 246 g/mol. The zero-order chi connectivity index (χ0) is 13.0. The molecule has 1 fully saturated rings. The van der Waals surface area contributed by atoms with Crippen LogP contribution in [0.5, 0.6) is 0 Å². The van der Waals surface area contributed by atoms with Crippen molar-refractivity contribution < 1.29 is 4.79 Å². The molecule has 0 atom stereocenters. The smallest absolute Gasteiger partial charge is 0.321 e. The van der Waals surface area contributed by atoms with Gasteiger partial charge in [0.15, 0.2) is 0 Å². The van der Waals surface area contributed by atoms with E-state index in [0.717, 1.165) is 42.7 Å². The molecule has 0 bridgehead atoms. The van der Waals surface area contributed by atoms with E-state index in [1.165, 1.54) is 12.8 Å². The number of hydrogen-bond donors (Lipinski definition) is 1. The van der Waals surface area contributed by atoms with E-state index in [2.05, 4.69) is 5.32 Å². The number of hydrogen-bond acceptors (Lipinski definition) is 1. The van der Waals surface area contributed by atoms with Crippen molar-refractivity contribution in [2.24, 2.45) is 0 Å². The highest BCUT2D eigenvalue weighted by atomic mass is 16.2. The Balaban J connectivity index is 2.06. The maximum absolute atomic E-state index is 12.2. The molecule has 2 amide bonds. The molecule has 1 aliphatic rings. The summed E-state index contributed by atoms with van der Waals surface area (Å²) in [7, 11) is 0. The molecule has 0 saturated carbocycles. The minimum absolute atomic E-state index is 0.0503. The lowest BCUT2D eigenvalue weighted by Crippen LogP contribution is -2.35. The monoisotopic (exact) mass is 246 g/mol. The van der Waals surface area contributed by atoms with Crippen molar-refractivity contribution in [3.63, 3.8) is 0 Å². The van der Waals surface area contributed by atoms with Crippen LogP contribution >= 0.6 is 0 Å². The molecule has 1 aliphatic heterocycles. The average Bonchev–Trinajstić information content (AvgIpc) is 2.62. The number of likely N-dealkylation sites (tertiary alicyclic amines) is 1. The summed E-state index contributed by atoms with van der Waals surface area (Å²) in [6.45, 7) is 5.84. The molecular weight excluding hydrogens is 224 g/mol. The van der Waals surface area contributed by atoms with Gasteiger partial charge >= 0.3 is 6.03 Å². The van der Waals surface area contributed by atoms with Gasteiger partial charge in [-0.25, -0.2) is 4.79 Å². The van der Waals surface area contributed by atoms with E-state index in [9.17, 15) is 4.79 Å². The van der Waals surface area contributed by atoms with E-state index >= 15 is 0 Å². The summed E-state index contributed by atoms with van der Waals surface area (Å²) in [5.74, 6) is 0. The van der Waals surface area contributed by atoms with Crippen molar-refractivity contribution in [1.29, 1.82) is 0 Å². The molecule has 0 aliphatic carbocycles. The third-order valence-electron chi connectivity index (χ3n) is 3.61. The number of nitrogens with one attached hydrogen (secondary N) is 1. The molecule has 1 aromatic rings. The molecule has 0 spiro atoms. The van der Waals surface area contributed by atoms with Gasteiger partial charge in [0.1, 0.15) is 0 Å². The van der Waals surface area contributed by atoms with Crippen LogP contribution in [0.3, 0.4) is 0 Å². The number of nitrogens with zero attached hydrogens (tertiary/aromatic N) is 1. The van der Waals surface area contributed by atoms with Crippen LogP contribution in [0.4, 0.5) is 10.5 Å². The highest BCUT2D eigenvalue weighted by Crippen LogP contribution is 2.20. The quantitative estimate of drug-likeness (QED) is 0.805. The summed E-state index contributed by atoms with van der Waals surface area (Å²) in [6, 6.07) is 6.14. The molecule has 1 saturated heterocycles. The number of urea groups is 1. The number of benzene rings is 1. The molecule has 3 heteroatoms. The zero-order valence-electron chi connectivity index (χ0n) is 11.3. The summed E-state index contributed by atoms with van der Waals surface area (Å²) in [5, 5.41) is 3.06. The van der Waals surface area contributed by atoms with Gasteiger partial charge in [0.25, 0.3) is 0 Å². The van der Waals surface area contributed by atoms with E-state index in [4.69, 9.17) is 0 Å². The highest BCUT2D eigenvalue weighted by molar-refractivity contribution is 5.91. The van der Waals surface area contributed by atoms with Gasteiger partial charge < -0.3 is 10.2 Å². The number of amides is 2. The van der Waals surface area contributed by atoms with Gasteiger partial charge in [0, 0.05) is 18.8 Å². The van der Waals surface area contributed by atoms with Crippen molar-refractivity contribution in [3.8, 4) is 0 Å². The minimum atomic E-state index is 0.0503. The van der Waals surface area contributed by atoms with Crippen LogP contribution in [-0.2, 0) is 0 Å². The first-order valence-electron chi connectivity index (χ1n) is 6.80. The Morgan fingerprint density at radius 2 is 1.61 bits per heavy atom. The largest absolute Gasteiger partial charge is 0.325 e. The lowest BCUT2D eigenvalue weighted by Gasteiger charge is -2.22. The molecule has 3 nitrogen and oxygen atoms in total. The molecule has 1 heterocycles. The molecule has 18 heavy (non-hydrogen) atoms. The van der Waals surface area contributed by atoms with E-state index < -0.39 is 0 Å². The standard InChI is InChI=1S/C15H22N2O/c1-12-8-7-9-13(2)14(12)16-15(18)17-10-5-3-4-6-11-17/h7-9H,3-6,10-11H2,1-2H3,(H,16,18). The van der Waals surface area contributed by atoms with Gasteiger partial charge in [0.2, 0.25) is 0 Å². The van der Waals surface area contributed by atoms with Gasteiger partial charge in [-0.15, -0.1) is 0 Å². The minimum Gasteiger partial charge on any atom is -0.325 e. The fourth-order valence-electron chi connectivity index (χ4n) is 2.47. The van der Waals surface area contributed by atoms with E-state index in [1.807, 2.05) is 36.9 Å². The van der Waals surface area contributed by atoms with E-state index in [0.29, 0.717) is 0 Å². The topological polar surface area (TPSA) is 32.3 Å². The predicted octanol–water partition coefficient (Wildman–Crippen LogP) is 3.71. The van der Waals surface area contributed by atoms with Gasteiger partial charge in [0.05, 0.1) is 0 Å². The van der Waals surface area contributed by atoms with Crippen molar-refractivity contribution in [2.75, 3.05) is 18.4 Å². The SMILES string of the molecule is Cc1cccc(C)c1NC(=O)N1CCCCCC1. The van der Waals surface area contributed by atoms with Gasteiger partial charge in [-0.1, -0.05) is 31.0 Å². The van der Waals surface area contributed by atoms with E-state index in [1.54, 1.807) is 0 Å². The number of anilines is 1. The molecule has 0 aromatic heterocycles. The first-order chi connectivity index (χ1) is 8.68. The summed E-state index contributed by atoms with van der Waals surface area (Å²) in [4.78, 5) is 14.2. The Hall–Kier alpha value is -1.51. The van der Waals surface area contributed by atoms with E-state index in [-0.39, 0.29) is 6.03 Å². The molecule has 1 N–H and O–H groups in total. The molecule has 0 unspecified atom stereocenters. The number of carbonyl (C=O) groups is 1. The zero-order valence-corrected chi connectivity index (χ0v) is 11.3. The van der Waals surface area contributed by atoms with Crippen LogP contribution in [-0.4, -0.2) is 24.0 Å². The predicted molar refractivity (Wildman–Crippen MR) is 75.0 cm³/mol. The molecular formula is C15H22N2O. The van der Waals surface area contributed by atoms with Crippen LogP contribution in [0.25, 0.3) is 0 Å². The lowest BCUT2D eigenvalue weighted by atomic mass is 10.1. The van der Waals surface area contributed by atoms with Gasteiger partial charge in [-0.05, 0) is 37.8 Å². The van der Waals surface area contributed by atoms with Crippen molar-refractivity contribution >= 4 is 11.7 Å². The summed E-state index contributed by atoms with van der Waals surface area (Å²) < 4.78 is 0. The number of rotatable bonds is 1. The van der Waals surface area contributed by atoms with Crippen LogP contribution in [0.1, 0.15) is 36.8 Å². The van der Waals surface area contributed by atoms with Gasteiger partial charge in [-0.2, -0.15) is 0 Å². The second-order valence-electron chi connectivity index (χ2n) is 5.10. The highest BCUT2D eigenvalue weighted by Gasteiger charge is 2.16. The van der Waals surface area contributed by atoms with Crippen LogP contribution in [0.15, 0.2) is 18.2 Å². The van der Waals surface area contributed by atoms with Gasteiger partial charge in [-0.3, -0.25) is 0 Å². The Labute approximate surface area is 109 Å².